The molecule has 2 heterocycles. The van der Waals surface area contributed by atoms with Gasteiger partial charge in [0.2, 0.25) is 5.91 Å². The van der Waals surface area contributed by atoms with Crippen molar-refractivity contribution in [3.8, 4) is 28.3 Å². The molecule has 286 valence electrons. The number of unbranched alkanes of at least 4 members (excludes halogenated alkanes) is 4. The van der Waals surface area contributed by atoms with E-state index < -0.39 is 23.5 Å². The van der Waals surface area contributed by atoms with Crippen molar-refractivity contribution in [3.63, 3.8) is 0 Å². The van der Waals surface area contributed by atoms with Gasteiger partial charge in [0.25, 0.3) is 5.91 Å². The number of rotatable bonds is 17. The lowest BCUT2D eigenvalue weighted by Gasteiger charge is -2.38. The Morgan fingerprint density at radius 2 is 1.46 bits per heavy atom. The second-order valence-electron chi connectivity index (χ2n) is 15.3. The molecule has 1 aliphatic rings. The number of carboxylic acid groups (broad SMARTS) is 1. The fourth-order valence-electron chi connectivity index (χ4n) is 6.61. The molecule has 0 spiro atoms. The van der Waals surface area contributed by atoms with Crippen molar-refractivity contribution in [3.05, 3.63) is 102 Å². The number of aromatic nitrogens is 2. The molecule has 3 N–H and O–H groups in total. The molecule has 0 unspecified atom stereocenters. The summed E-state index contributed by atoms with van der Waals surface area (Å²) in [6, 6.07) is 21.9. The number of nitrogens with one attached hydrogen (secondary N) is 2. The summed E-state index contributed by atoms with van der Waals surface area (Å²) in [5.74, 6) is -0.425. The highest BCUT2D eigenvalue weighted by Gasteiger charge is 2.38. The minimum atomic E-state index is -1.01. The van der Waals surface area contributed by atoms with E-state index in [0.29, 0.717) is 37.4 Å². The summed E-state index contributed by atoms with van der Waals surface area (Å²) in [5.41, 5.74) is 3.98. The van der Waals surface area contributed by atoms with Gasteiger partial charge in [-0.1, -0.05) is 102 Å². The first-order valence-corrected chi connectivity index (χ1v) is 19.1. The molecule has 1 atom stereocenters. The summed E-state index contributed by atoms with van der Waals surface area (Å²) >= 11 is 0. The van der Waals surface area contributed by atoms with Gasteiger partial charge in [0.15, 0.2) is 5.82 Å². The lowest BCUT2D eigenvalue weighted by Crippen LogP contribution is -2.58. The fourth-order valence-corrected chi connectivity index (χ4v) is 6.61. The molecule has 0 aliphatic carbocycles. The van der Waals surface area contributed by atoms with Gasteiger partial charge >= 0.3 is 5.97 Å². The summed E-state index contributed by atoms with van der Waals surface area (Å²) < 4.78 is 11.4. The van der Waals surface area contributed by atoms with Crippen LogP contribution in [0.3, 0.4) is 0 Å². The average molecular weight is 735 g/mol. The lowest BCUT2D eigenvalue weighted by molar-refractivity contribution is -0.140. The third kappa shape index (κ3) is 11.5. The molecule has 1 saturated heterocycles. The molecule has 0 radical (unpaired) electrons. The third-order valence-corrected chi connectivity index (χ3v) is 9.97. The van der Waals surface area contributed by atoms with E-state index in [9.17, 15) is 19.5 Å². The Morgan fingerprint density at radius 3 is 2.07 bits per heavy atom. The number of carboxylic acids is 1. The quantitative estimate of drug-likeness (QED) is 0.0930. The van der Waals surface area contributed by atoms with E-state index >= 15 is 0 Å². The van der Waals surface area contributed by atoms with Gasteiger partial charge in [-0.25, -0.2) is 9.97 Å². The molecule has 4 aromatic rings. The minimum Gasteiger partial charge on any atom is -0.494 e. The van der Waals surface area contributed by atoms with Crippen LogP contribution >= 0.6 is 0 Å². The summed E-state index contributed by atoms with van der Waals surface area (Å²) in [6.45, 7) is 9.93. The first-order valence-electron chi connectivity index (χ1n) is 19.1. The molecule has 10 nitrogen and oxygen atoms in total. The average Bonchev–Trinajstić information content (AvgIpc) is 3.16. The van der Waals surface area contributed by atoms with Crippen molar-refractivity contribution in [2.45, 2.75) is 102 Å². The lowest BCUT2D eigenvalue weighted by atomic mass is 9.86. The van der Waals surface area contributed by atoms with Crippen molar-refractivity contribution in [1.29, 1.82) is 0 Å². The van der Waals surface area contributed by atoms with Crippen LogP contribution in [0.4, 0.5) is 0 Å². The van der Waals surface area contributed by atoms with Crippen LogP contribution in [0.15, 0.2) is 85.2 Å². The van der Waals surface area contributed by atoms with Gasteiger partial charge in [0.1, 0.15) is 11.8 Å². The molecule has 5 rings (SSSR count). The highest BCUT2D eigenvalue weighted by molar-refractivity contribution is 5.98. The first kappa shape index (κ1) is 40.1. The van der Waals surface area contributed by atoms with Gasteiger partial charge in [-0.15, -0.1) is 0 Å². The predicted octanol–water partition coefficient (Wildman–Crippen LogP) is 7.94. The molecule has 2 amide bonds. The monoisotopic (exact) mass is 734 g/mol. The number of benzene rings is 3. The van der Waals surface area contributed by atoms with E-state index in [1.807, 2.05) is 60.7 Å². The minimum absolute atomic E-state index is 0.0758. The fraction of sp³-hybridized carbons (Fsp3) is 0.432. The molecule has 54 heavy (non-hydrogen) atoms. The molecule has 0 bridgehead atoms. The zero-order valence-corrected chi connectivity index (χ0v) is 32.0. The van der Waals surface area contributed by atoms with Crippen molar-refractivity contribution in [1.82, 2.24) is 20.6 Å². The Hall–Kier alpha value is -5.09. The van der Waals surface area contributed by atoms with Crippen molar-refractivity contribution >= 4 is 17.8 Å². The van der Waals surface area contributed by atoms with Crippen molar-refractivity contribution < 1.29 is 29.0 Å². The van der Waals surface area contributed by atoms with E-state index in [1.165, 1.54) is 25.7 Å². The molecule has 1 aliphatic heterocycles. The van der Waals surface area contributed by atoms with Crippen LogP contribution in [-0.2, 0) is 26.2 Å². The van der Waals surface area contributed by atoms with Crippen LogP contribution < -0.4 is 15.4 Å². The molecule has 1 fully saturated rings. The number of hydrogen-bond acceptors (Lipinski definition) is 7. The topological polar surface area (TPSA) is 140 Å². The Kier molecular flexibility index (Phi) is 14.0. The Labute approximate surface area is 319 Å². The van der Waals surface area contributed by atoms with E-state index in [2.05, 4.69) is 48.3 Å². The molecular formula is C44H54N4O6. The van der Waals surface area contributed by atoms with Crippen LogP contribution in [0.25, 0.3) is 22.5 Å². The van der Waals surface area contributed by atoms with E-state index in [-0.39, 0.29) is 24.2 Å². The zero-order chi connectivity index (χ0) is 38.6. The Balaban J connectivity index is 1.26. The van der Waals surface area contributed by atoms with E-state index in [4.69, 9.17) is 9.47 Å². The van der Waals surface area contributed by atoms with Crippen LogP contribution in [0.2, 0.25) is 0 Å². The summed E-state index contributed by atoms with van der Waals surface area (Å²) in [6.07, 6.45) is 10.3. The zero-order valence-electron chi connectivity index (χ0n) is 32.0. The summed E-state index contributed by atoms with van der Waals surface area (Å²) in [4.78, 5) is 48.5. The summed E-state index contributed by atoms with van der Waals surface area (Å²) in [5, 5.41) is 15.6. The smallest absolute Gasteiger partial charge is 0.305 e. The van der Waals surface area contributed by atoms with E-state index in [1.54, 1.807) is 24.5 Å². The van der Waals surface area contributed by atoms with Crippen molar-refractivity contribution in [2.75, 3.05) is 19.8 Å². The predicted molar refractivity (Wildman–Crippen MR) is 210 cm³/mol. The Bertz CT molecular complexity index is 1810. The van der Waals surface area contributed by atoms with Crippen LogP contribution in [-0.4, -0.2) is 64.3 Å². The number of ether oxygens (including phenoxy) is 2. The number of carbonyl (C=O) groups excluding carboxylic acids is 2. The molecule has 10 heteroatoms. The second kappa shape index (κ2) is 18.8. The van der Waals surface area contributed by atoms with Gasteiger partial charge in [0, 0.05) is 48.7 Å². The van der Waals surface area contributed by atoms with Gasteiger partial charge in [-0.3, -0.25) is 14.4 Å². The van der Waals surface area contributed by atoms with Crippen LogP contribution in [0.1, 0.15) is 101 Å². The number of carbonyl (C=O) groups is 3. The largest absolute Gasteiger partial charge is 0.494 e. The van der Waals surface area contributed by atoms with Crippen LogP contribution in [0.5, 0.6) is 5.75 Å². The maximum absolute atomic E-state index is 13.9. The van der Waals surface area contributed by atoms with Crippen molar-refractivity contribution in [2.24, 2.45) is 0 Å². The highest BCUT2D eigenvalue weighted by atomic mass is 16.5. The van der Waals surface area contributed by atoms with Gasteiger partial charge in [-0.05, 0) is 65.6 Å². The van der Waals surface area contributed by atoms with Gasteiger partial charge < -0.3 is 25.2 Å². The molecular weight excluding hydrogens is 681 g/mol. The second-order valence-corrected chi connectivity index (χ2v) is 15.3. The normalized spacial score (nSPS) is 14.5. The summed E-state index contributed by atoms with van der Waals surface area (Å²) in [7, 11) is 0. The molecule has 3 aromatic carbocycles. The molecule has 1 aromatic heterocycles. The van der Waals surface area contributed by atoms with Gasteiger partial charge in [-0.2, -0.15) is 0 Å². The number of amides is 2. The maximum Gasteiger partial charge on any atom is 0.305 e. The number of aliphatic carboxylic acids is 1. The SMILES string of the molecule is CCCCCCCOc1ccc(-c2cnc(-c3ccc(C[C@H](NC(=O)c4ccc(C(C)(C)C)cc4)C(=O)NC4(CC(=O)O)CCOCC4)cc3)nc2)cc1. The number of nitrogens with zero attached hydrogens (tertiary/aromatic N) is 2. The standard InChI is InChI=1S/C44H54N4O6/c1-5-6-7-8-9-24-54-37-20-16-32(17-21-37)35-29-45-40(46-30-35)33-12-10-31(11-13-33)27-38(42(52)48-44(28-39(49)50)22-25-53-26-23-44)47-41(51)34-14-18-36(19-15-34)43(2,3)4/h10-21,29-30,38H,5-9,22-28H2,1-4H3,(H,47,51)(H,48,52)(H,49,50)/t38-/m0/s1. The van der Waals surface area contributed by atoms with E-state index in [0.717, 1.165) is 46.6 Å². The third-order valence-electron chi connectivity index (χ3n) is 9.97. The maximum atomic E-state index is 13.9. The Morgan fingerprint density at radius 1 is 0.833 bits per heavy atom. The molecule has 0 saturated carbocycles. The van der Waals surface area contributed by atoms with Gasteiger partial charge in [0.05, 0.1) is 18.6 Å². The number of hydrogen-bond donors (Lipinski definition) is 3. The van der Waals surface area contributed by atoms with Crippen LogP contribution in [0, 0.1) is 0 Å². The first-order chi connectivity index (χ1) is 25.9. The highest BCUT2D eigenvalue weighted by Crippen LogP contribution is 2.27.